The molecule has 4 aliphatic carbocycles. The molecule has 1 aromatic heterocycles. The minimum Gasteiger partial charge on any atom is -0.348 e. The monoisotopic (exact) mass is 410 g/mol. The van der Waals surface area contributed by atoms with Gasteiger partial charge in [-0.1, -0.05) is 29.8 Å². The van der Waals surface area contributed by atoms with Crippen LogP contribution in [0.5, 0.6) is 0 Å². The molecule has 4 fully saturated rings. The van der Waals surface area contributed by atoms with Gasteiger partial charge in [-0.05, 0) is 87.4 Å². The summed E-state index contributed by atoms with van der Waals surface area (Å²) in [5.74, 6) is 2.38. The molecule has 4 aliphatic rings. The molecular formula is C23H30N4OS. The number of aromatic amines is 1. The molecule has 1 aromatic carbocycles. The fourth-order valence-electron chi connectivity index (χ4n) is 6.93. The fourth-order valence-corrected chi connectivity index (χ4v) is 7.21. The first-order valence-electron chi connectivity index (χ1n) is 10.9. The van der Waals surface area contributed by atoms with Gasteiger partial charge in [-0.15, -0.1) is 0 Å². The van der Waals surface area contributed by atoms with Crippen molar-refractivity contribution in [2.75, 3.05) is 0 Å². The van der Waals surface area contributed by atoms with Gasteiger partial charge in [-0.2, -0.15) is 5.10 Å². The Bertz CT molecular complexity index is 975. The van der Waals surface area contributed by atoms with Crippen molar-refractivity contribution in [2.45, 2.75) is 70.9 Å². The number of amides is 1. The number of carbonyl (C=O) groups excluding carboxylic acids is 1. The summed E-state index contributed by atoms with van der Waals surface area (Å²) in [6, 6.07) is 9.09. The summed E-state index contributed by atoms with van der Waals surface area (Å²) in [6.07, 6.45) is 6.87. The smallest absolute Gasteiger partial charge is 0.226 e. The van der Waals surface area contributed by atoms with Crippen molar-refractivity contribution in [1.29, 1.82) is 0 Å². The largest absolute Gasteiger partial charge is 0.348 e. The fraction of sp³-hybridized carbons (Fsp3) is 0.609. The molecule has 4 saturated carbocycles. The first kappa shape index (κ1) is 19.0. The number of aryl methyl sites for hydroxylation is 1. The summed E-state index contributed by atoms with van der Waals surface area (Å²) in [6.45, 7) is 5.38. The van der Waals surface area contributed by atoms with E-state index in [1.807, 2.05) is 11.5 Å². The second kappa shape index (κ2) is 6.79. The Kier molecular flexibility index (Phi) is 4.46. The van der Waals surface area contributed by atoms with Gasteiger partial charge in [0.25, 0.3) is 0 Å². The maximum Gasteiger partial charge on any atom is 0.226 e. The lowest BCUT2D eigenvalue weighted by atomic mass is 9.42. The number of nitrogens with one attached hydrogen (secondary N) is 2. The highest BCUT2D eigenvalue weighted by Gasteiger charge is 2.60. The van der Waals surface area contributed by atoms with Gasteiger partial charge in [0.2, 0.25) is 5.91 Å². The lowest BCUT2D eigenvalue weighted by Crippen LogP contribution is -2.59. The number of aromatic nitrogens is 3. The van der Waals surface area contributed by atoms with Crippen LogP contribution in [0.3, 0.4) is 0 Å². The van der Waals surface area contributed by atoms with Crippen LogP contribution >= 0.6 is 12.2 Å². The average molecular weight is 411 g/mol. The van der Waals surface area contributed by atoms with Crippen LogP contribution in [0.1, 0.15) is 62.4 Å². The molecule has 2 atom stereocenters. The maximum atomic E-state index is 13.5. The first-order valence-corrected chi connectivity index (χ1v) is 11.3. The molecule has 29 heavy (non-hydrogen) atoms. The van der Waals surface area contributed by atoms with Gasteiger partial charge in [0.05, 0.1) is 12.0 Å². The molecule has 2 unspecified atom stereocenters. The number of rotatable bonds is 5. The summed E-state index contributed by atoms with van der Waals surface area (Å²) in [4.78, 5) is 13.5. The topological polar surface area (TPSA) is 62.7 Å². The summed E-state index contributed by atoms with van der Waals surface area (Å²) < 4.78 is 2.56. The van der Waals surface area contributed by atoms with Gasteiger partial charge in [-0.25, -0.2) is 0 Å². The van der Waals surface area contributed by atoms with Crippen molar-refractivity contribution in [3.05, 3.63) is 46.0 Å². The standard InChI is InChI=1S/C23H30N4OS/c1-3-27-19(25-26-21(27)29)13-24-20(28)23-11-16-8-17(12-23)10-22(9-16,14-23)18-6-4-15(2)5-7-18/h4-7,16-17H,3,8-14H2,1-2H3,(H,24,28)(H,26,29). The maximum absolute atomic E-state index is 13.5. The van der Waals surface area contributed by atoms with E-state index in [-0.39, 0.29) is 16.7 Å². The number of carbonyl (C=O) groups is 1. The lowest BCUT2D eigenvalue weighted by Gasteiger charge is -2.61. The Morgan fingerprint density at radius 2 is 1.93 bits per heavy atom. The molecule has 6 rings (SSSR count). The van der Waals surface area contributed by atoms with E-state index >= 15 is 0 Å². The van der Waals surface area contributed by atoms with Gasteiger partial charge < -0.3 is 9.88 Å². The van der Waals surface area contributed by atoms with Crippen molar-refractivity contribution in [3.8, 4) is 0 Å². The van der Waals surface area contributed by atoms with E-state index < -0.39 is 0 Å². The van der Waals surface area contributed by atoms with E-state index in [4.69, 9.17) is 12.2 Å². The molecule has 5 nitrogen and oxygen atoms in total. The molecule has 154 valence electrons. The van der Waals surface area contributed by atoms with E-state index in [1.54, 1.807) is 0 Å². The summed E-state index contributed by atoms with van der Waals surface area (Å²) in [7, 11) is 0. The molecule has 0 aliphatic heterocycles. The summed E-state index contributed by atoms with van der Waals surface area (Å²) in [5.41, 5.74) is 2.70. The minimum atomic E-state index is -0.223. The summed E-state index contributed by atoms with van der Waals surface area (Å²) >= 11 is 5.28. The van der Waals surface area contributed by atoms with Crippen molar-refractivity contribution < 1.29 is 4.79 Å². The number of H-pyrrole nitrogens is 1. The highest BCUT2D eigenvalue weighted by Crippen LogP contribution is 2.65. The Morgan fingerprint density at radius 3 is 2.59 bits per heavy atom. The third-order valence-corrected chi connectivity index (χ3v) is 8.08. The molecule has 2 N–H and O–H groups in total. The van der Waals surface area contributed by atoms with Crippen LogP contribution in [0.2, 0.25) is 0 Å². The molecule has 0 spiro atoms. The number of hydrogen-bond acceptors (Lipinski definition) is 3. The zero-order valence-corrected chi connectivity index (χ0v) is 18.1. The second-order valence-electron chi connectivity index (χ2n) is 9.76. The highest BCUT2D eigenvalue weighted by atomic mass is 32.1. The molecule has 2 aromatic rings. The molecular weight excluding hydrogens is 380 g/mol. The van der Waals surface area contributed by atoms with Crippen LogP contribution in [0.15, 0.2) is 24.3 Å². The quantitative estimate of drug-likeness (QED) is 0.717. The van der Waals surface area contributed by atoms with E-state index in [0.717, 1.165) is 31.6 Å². The molecule has 1 heterocycles. The van der Waals surface area contributed by atoms with E-state index in [9.17, 15) is 4.79 Å². The number of hydrogen-bond donors (Lipinski definition) is 2. The van der Waals surface area contributed by atoms with Gasteiger partial charge in [0.15, 0.2) is 10.6 Å². The zero-order chi connectivity index (χ0) is 20.2. The highest BCUT2D eigenvalue weighted by molar-refractivity contribution is 7.71. The van der Waals surface area contributed by atoms with Crippen molar-refractivity contribution >= 4 is 18.1 Å². The summed E-state index contributed by atoms with van der Waals surface area (Å²) in [5, 5.41) is 10.4. The normalized spacial score (nSPS) is 32.5. The molecule has 0 radical (unpaired) electrons. The van der Waals surface area contributed by atoms with Crippen LogP contribution in [0, 0.1) is 28.9 Å². The first-order chi connectivity index (χ1) is 13.9. The predicted molar refractivity (Wildman–Crippen MR) is 115 cm³/mol. The van der Waals surface area contributed by atoms with Gasteiger partial charge >= 0.3 is 0 Å². The molecule has 6 heteroatoms. The van der Waals surface area contributed by atoms with Crippen molar-refractivity contribution in [1.82, 2.24) is 20.1 Å². The third-order valence-electron chi connectivity index (χ3n) is 7.77. The van der Waals surface area contributed by atoms with Gasteiger partial charge in [0, 0.05) is 6.54 Å². The van der Waals surface area contributed by atoms with Crippen LogP contribution in [0.25, 0.3) is 0 Å². The third kappa shape index (κ3) is 3.07. The average Bonchev–Trinajstić information content (AvgIpc) is 3.05. The van der Waals surface area contributed by atoms with Crippen LogP contribution in [0.4, 0.5) is 0 Å². The van der Waals surface area contributed by atoms with Crippen LogP contribution in [-0.4, -0.2) is 20.7 Å². The van der Waals surface area contributed by atoms with Crippen molar-refractivity contribution in [2.24, 2.45) is 17.3 Å². The Balaban J connectivity index is 1.40. The van der Waals surface area contributed by atoms with Crippen LogP contribution in [-0.2, 0) is 23.3 Å². The Hall–Kier alpha value is -1.95. The molecule has 1 amide bonds. The van der Waals surface area contributed by atoms with E-state index in [1.165, 1.54) is 30.4 Å². The van der Waals surface area contributed by atoms with Gasteiger partial charge in [0.1, 0.15) is 0 Å². The van der Waals surface area contributed by atoms with Crippen LogP contribution < -0.4 is 5.32 Å². The Labute approximate surface area is 177 Å². The second-order valence-corrected chi connectivity index (χ2v) is 10.1. The number of nitrogens with zero attached hydrogens (tertiary/aromatic N) is 2. The minimum absolute atomic E-state index is 0.179. The predicted octanol–water partition coefficient (Wildman–Crippen LogP) is 4.42. The van der Waals surface area contributed by atoms with Gasteiger partial charge in [-0.3, -0.25) is 9.89 Å². The molecule has 4 bridgehead atoms. The van der Waals surface area contributed by atoms with Crippen molar-refractivity contribution in [3.63, 3.8) is 0 Å². The SMILES string of the molecule is CCn1c(CNC(=O)C23CC4CC(C2)CC(c2ccc(C)cc2)(C4)C3)n[nH]c1=S. The number of benzene rings is 1. The van der Waals surface area contributed by atoms with E-state index in [0.29, 0.717) is 23.2 Å². The zero-order valence-electron chi connectivity index (χ0n) is 17.3. The molecule has 0 saturated heterocycles. The lowest BCUT2D eigenvalue weighted by molar-refractivity contribution is -0.149. The Morgan fingerprint density at radius 1 is 1.24 bits per heavy atom. The van der Waals surface area contributed by atoms with E-state index in [2.05, 4.69) is 46.7 Å².